The highest BCUT2D eigenvalue weighted by atomic mass is 32.2. The van der Waals surface area contributed by atoms with Crippen LogP contribution in [0.5, 0.6) is 0 Å². The van der Waals surface area contributed by atoms with Gasteiger partial charge in [0.2, 0.25) is 0 Å². The van der Waals surface area contributed by atoms with E-state index in [0.717, 1.165) is 10.7 Å². The van der Waals surface area contributed by atoms with Gasteiger partial charge in [0.1, 0.15) is 10.1 Å². The predicted octanol–water partition coefficient (Wildman–Crippen LogP) is 2.63. The van der Waals surface area contributed by atoms with Crippen molar-refractivity contribution in [1.29, 1.82) is 0 Å². The maximum absolute atomic E-state index is 11.0. The molecule has 86 valence electrons. The molecule has 0 saturated heterocycles. The fourth-order valence-corrected chi connectivity index (χ4v) is 2.19. The molecule has 0 radical (unpaired) electrons. The zero-order valence-corrected chi connectivity index (χ0v) is 9.94. The molecular weight excluding hydrogens is 236 g/mol. The molecule has 0 fully saturated rings. The lowest BCUT2D eigenvalue weighted by molar-refractivity contribution is 0.0692. The smallest absolute Gasteiger partial charge is 0.338 e. The van der Waals surface area contributed by atoms with Crippen molar-refractivity contribution in [2.45, 2.75) is 17.0 Å². The Hall–Kier alpha value is -1.88. The summed E-state index contributed by atoms with van der Waals surface area (Å²) in [4.78, 5) is 19.4. The Bertz CT molecular complexity index is 543. The van der Waals surface area contributed by atoms with Gasteiger partial charge < -0.3 is 5.11 Å². The van der Waals surface area contributed by atoms with Crippen LogP contribution in [0.25, 0.3) is 0 Å². The molecule has 0 unspecified atom stereocenters. The van der Waals surface area contributed by atoms with Crippen LogP contribution >= 0.6 is 11.8 Å². The molecule has 0 saturated carbocycles. The monoisotopic (exact) mass is 246 g/mol. The average molecular weight is 246 g/mol. The molecule has 1 N–H and O–H groups in total. The van der Waals surface area contributed by atoms with E-state index in [1.165, 1.54) is 11.8 Å². The van der Waals surface area contributed by atoms with Crippen molar-refractivity contribution >= 4 is 17.7 Å². The molecule has 0 aliphatic rings. The van der Waals surface area contributed by atoms with Crippen LogP contribution in [0.2, 0.25) is 0 Å². The van der Waals surface area contributed by atoms with E-state index in [1.54, 1.807) is 18.3 Å². The van der Waals surface area contributed by atoms with Crippen molar-refractivity contribution in [3.63, 3.8) is 0 Å². The van der Waals surface area contributed by atoms with Crippen molar-refractivity contribution in [1.82, 2.24) is 9.97 Å². The van der Waals surface area contributed by atoms with Gasteiger partial charge >= 0.3 is 5.97 Å². The fraction of sp³-hybridized carbons (Fsp3) is 0.0833. The van der Waals surface area contributed by atoms with Crippen molar-refractivity contribution in [3.8, 4) is 0 Å². The number of carboxylic acids is 1. The van der Waals surface area contributed by atoms with Gasteiger partial charge in [0.05, 0.1) is 5.56 Å². The maximum Gasteiger partial charge on any atom is 0.338 e. The molecule has 0 atom stereocenters. The maximum atomic E-state index is 11.0. The van der Waals surface area contributed by atoms with E-state index in [0.29, 0.717) is 5.03 Å². The van der Waals surface area contributed by atoms with Crippen LogP contribution in [0.3, 0.4) is 0 Å². The van der Waals surface area contributed by atoms with Gasteiger partial charge in [0, 0.05) is 11.9 Å². The molecule has 0 spiro atoms. The first-order valence-electron chi connectivity index (χ1n) is 4.96. The van der Waals surface area contributed by atoms with Crippen molar-refractivity contribution in [2.75, 3.05) is 0 Å². The first-order chi connectivity index (χ1) is 8.16. The summed E-state index contributed by atoms with van der Waals surface area (Å²) in [5.74, 6) is -0.976. The lowest BCUT2D eigenvalue weighted by Gasteiger charge is -2.05. The van der Waals surface area contributed by atoms with E-state index in [1.807, 2.05) is 25.1 Å². The molecule has 0 amide bonds. The van der Waals surface area contributed by atoms with Gasteiger partial charge in [-0.1, -0.05) is 6.07 Å². The standard InChI is InChI=1S/C12H10N2O2S/c1-8-5-6-9(12(15)16)11(14-8)17-10-4-2-3-7-13-10/h2-7H,1H3,(H,15,16). The van der Waals surface area contributed by atoms with E-state index in [9.17, 15) is 4.79 Å². The van der Waals surface area contributed by atoms with Crippen molar-refractivity contribution < 1.29 is 9.90 Å². The summed E-state index contributed by atoms with van der Waals surface area (Å²) in [5, 5.41) is 10.3. The van der Waals surface area contributed by atoms with Crippen LogP contribution in [0.1, 0.15) is 16.1 Å². The molecule has 0 aliphatic heterocycles. The largest absolute Gasteiger partial charge is 0.478 e. The van der Waals surface area contributed by atoms with Gasteiger partial charge in [-0.25, -0.2) is 14.8 Å². The van der Waals surface area contributed by atoms with E-state index in [-0.39, 0.29) is 5.56 Å². The zero-order chi connectivity index (χ0) is 12.3. The van der Waals surface area contributed by atoms with E-state index < -0.39 is 5.97 Å². The molecule has 5 heteroatoms. The lowest BCUT2D eigenvalue weighted by atomic mass is 10.2. The molecular formula is C12H10N2O2S. The van der Waals surface area contributed by atoms with Crippen LogP contribution in [0, 0.1) is 6.92 Å². The number of hydrogen-bond acceptors (Lipinski definition) is 4. The van der Waals surface area contributed by atoms with Gasteiger partial charge in [-0.05, 0) is 43.0 Å². The molecule has 4 nitrogen and oxygen atoms in total. The Labute approximate surface area is 103 Å². The second-order valence-corrected chi connectivity index (χ2v) is 4.39. The predicted molar refractivity (Wildman–Crippen MR) is 64.3 cm³/mol. The highest BCUT2D eigenvalue weighted by Gasteiger charge is 2.13. The van der Waals surface area contributed by atoms with Gasteiger partial charge in [0.15, 0.2) is 0 Å². The van der Waals surface area contributed by atoms with Crippen LogP contribution in [0.15, 0.2) is 46.6 Å². The van der Waals surface area contributed by atoms with Crippen LogP contribution < -0.4 is 0 Å². The highest BCUT2D eigenvalue weighted by Crippen LogP contribution is 2.27. The molecule has 0 aromatic carbocycles. The first-order valence-corrected chi connectivity index (χ1v) is 5.78. The average Bonchev–Trinajstić information content (AvgIpc) is 2.30. The normalized spacial score (nSPS) is 10.2. The number of aromatic nitrogens is 2. The Morgan fingerprint density at radius 1 is 1.29 bits per heavy atom. The quantitative estimate of drug-likeness (QED) is 0.902. The Kier molecular flexibility index (Phi) is 3.39. The summed E-state index contributed by atoms with van der Waals surface area (Å²) in [6.45, 7) is 1.83. The summed E-state index contributed by atoms with van der Waals surface area (Å²) < 4.78 is 0. The SMILES string of the molecule is Cc1ccc(C(=O)O)c(Sc2ccccn2)n1. The molecule has 0 bridgehead atoms. The Morgan fingerprint density at radius 2 is 2.12 bits per heavy atom. The van der Waals surface area contributed by atoms with E-state index >= 15 is 0 Å². The van der Waals surface area contributed by atoms with Crippen LogP contribution in [-0.2, 0) is 0 Å². The molecule has 0 aliphatic carbocycles. The number of carboxylic acid groups (broad SMARTS) is 1. The number of nitrogens with zero attached hydrogens (tertiary/aromatic N) is 2. The van der Waals surface area contributed by atoms with Crippen molar-refractivity contribution in [2.24, 2.45) is 0 Å². The second kappa shape index (κ2) is 4.97. The third-order valence-electron chi connectivity index (χ3n) is 2.07. The first kappa shape index (κ1) is 11.6. The summed E-state index contributed by atoms with van der Waals surface area (Å²) >= 11 is 1.25. The van der Waals surface area contributed by atoms with Crippen molar-refractivity contribution in [3.05, 3.63) is 47.8 Å². The van der Waals surface area contributed by atoms with Gasteiger partial charge in [-0.2, -0.15) is 0 Å². The van der Waals surface area contributed by atoms with E-state index in [4.69, 9.17) is 5.11 Å². The number of aryl methyl sites for hydroxylation is 1. The molecule has 2 aromatic rings. The zero-order valence-electron chi connectivity index (χ0n) is 9.12. The molecule has 2 rings (SSSR count). The highest BCUT2D eigenvalue weighted by molar-refractivity contribution is 7.99. The number of rotatable bonds is 3. The minimum absolute atomic E-state index is 0.200. The molecule has 2 aromatic heterocycles. The second-order valence-electron chi connectivity index (χ2n) is 3.38. The summed E-state index contributed by atoms with van der Waals surface area (Å²) in [6, 6.07) is 8.74. The van der Waals surface area contributed by atoms with Gasteiger partial charge in [-0.3, -0.25) is 0 Å². The summed E-state index contributed by atoms with van der Waals surface area (Å²) in [7, 11) is 0. The third-order valence-corrected chi connectivity index (χ3v) is 3.02. The number of pyridine rings is 2. The lowest BCUT2D eigenvalue weighted by Crippen LogP contribution is -2.01. The van der Waals surface area contributed by atoms with E-state index in [2.05, 4.69) is 9.97 Å². The fourth-order valence-electron chi connectivity index (χ4n) is 1.28. The molecule has 17 heavy (non-hydrogen) atoms. The minimum Gasteiger partial charge on any atom is -0.478 e. The molecule has 2 heterocycles. The Morgan fingerprint density at radius 3 is 2.76 bits per heavy atom. The number of carbonyl (C=O) groups is 1. The summed E-state index contributed by atoms with van der Waals surface area (Å²) in [6.07, 6.45) is 1.67. The topological polar surface area (TPSA) is 63.1 Å². The number of aromatic carboxylic acids is 1. The number of hydrogen-bond donors (Lipinski definition) is 1. The van der Waals surface area contributed by atoms with Crippen LogP contribution in [0.4, 0.5) is 0 Å². The minimum atomic E-state index is -0.976. The van der Waals surface area contributed by atoms with Crippen LogP contribution in [-0.4, -0.2) is 21.0 Å². The van der Waals surface area contributed by atoms with Gasteiger partial charge in [0.25, 0.3) is 0 Å². The van der Waals surface area contributed by atoms with Gasteiger partial charge in [-0.15, -0.1) is 0 Å². The third kappa shape index (κ3) is 2.82. The summed E-state index contributed by atoms with van der Waals surface area (Å²) in [5.41, 5.74) is 0.986. The Balaban J connectivity index is 2.37.